The van der Waals surface area contributed by atoms with Gasteiger partial charge in [-0.05, 0) is 18.4 Å². The predicted molar refractivity (Wildman–Crippen MR) is 113 cm³/mol. The Labute approximate surface area is 171 Å². The van der Waals surface area contributed by atoms with Crippen LogP contribution in [0.1, 0.15) is 24.8 Å². The summed E-state index contributed by atoms with van der Waals surface area (Å²) in [6, 6.07) is 9.78. The SMILES string of the molecule is Nc1nc2c(nc(SCCCCC(=O)NCc3ccccc3)n2CCO)c(=O)[nH]1. The monoisotopic (exact) mass is 416 g/mol. The Balaban J connectivity index is 1.48. The molecule has 0 atom stereocenters. The fraction of sp³-hybridized carbons (Fsp3) is 0.368. The third-order valence-corrected chi connectivity index (χ3v) is 5.34. The number of nitrogens with two attached hydrogens (primary N) is 1. The zero-order valence-electron chi connectivity index (χ0n) is 15.9. The molecule has 154 valence electrons. The van der Waals surface area contributed by atoms with Crippen molar-refractivity contribution in [1.82, 2.24) is 24.8 Å². The lowest BCUT2D eigenvalue weighted by molar-refractivity contribution is -0.121. The number of fused-ring (bicyclic) bond motifs is 1. The van der Waals surface area contributed by atoms with E-state index in [1.54, 1.807) is 4.57 Å². The van der Waals surface area contributed by atoms with Gasteiger partial charge in [-0.2, -0.15) is 4.98 Å². The van der Waals surface area contributed by atoms with Crippen LogP contribution in [-0.2, 0) is 17.9 Å². The molecule has 0 saturated heterocycles. The van der Waals surface area contributed by atoms with E-state index in [-0.39, 0.29) is 30.5 Å². The zero-order chi connectivity index (χ0) is 20.6. The number of unbranched alkanes of at least 4 members (excludes halogenated alkanes) is 1. The smallest absolute Gasteiger partial charge is 0.280 e. The molecule has 2 heterocycles. The van der Waals surface area contributed by atoms with Gasteiger partial charge in [-0.1, -0.05) is 42.1 Å². The third-order valence-electron chi connectivity index (χ3n) is 4.27. The maximum absolute atomic E-state index is 12.0. The van der Waals surface area contributed by atoms with Crippen LogP contribution in [0.5, 0.6) is 0 Å². The van der Waals surface area contributed by atoms with E-state index in [4.69, 9.17) is 5.73 Å². The van der Waals surface area contributed by atoms with Gasteiger partial charge in [0.1, 0.15) is 0 Å². The van der Waals surface area contributed by atoms with Crippen LogP contribution in [-0.4, -0.2) is 42.9 Å². The third kappa shape index (κ3) is 5.58. The summed E-state index contributed by atoms with van der Waals surface area (Å²) in [5.41, 5.74) is 6.85. The normalized spacial score (nSPS) is 11.1. The number of amides is 1. The number of rotatable bonds is 10. The molecule has 2 aromatic heterocycles. The van der Waals surface area contributed by atoms with Gasteiger partial charge < -0.3 is 20.7 Å². The van der Waals surface area contributed by atoms with Crippen LogP contribution < -0.4 is 16.6 Å². The first-order valence-electron chi connectivity index (χ1n) is 9.39. The minimum atomic E-state index is -0.402. The van der Waals surface area contributed by atoms with Crippen molar-refractivity contribution in [2.45, 2.75) is 37.5 Å². The molecule has 0 fully saturated rings. The highest BCUT2D eigenvalue weighted by atomic mass is 32.2. The summed E-state index contributed by atoms with van der Waals surface area (Å²) >= 11 is 1.46. The van der Waals surface area contributed by atoms with Crippen molar-refractivity contribution in [1.29, 1.82) is 0 Å². The lowest BCUT2D eigenvalue weighted by atomic mass is 10.2. The number of nitrogens with one attached hydrogen (secondary N) is 2. The molecule has 5 N–H and O–H groups in total. The number of hydrogen-bond acceptors (Lipinski definition) is 7. The van der Waals surface area contributed by atoms with Crippen LogP contribution in [0.15, 0.2) is 40.3 Å². The molecule has 1 aromatic carbocycles. The molecule has 0 spiro atoms. The Kier molecular flexibility index (Phi) is 7.25. The number of aliphatic hydroxyl groups excluding tert-OH is 1. The largest absolute Gasteiger partial charge is 0.395 e. The van der Waals surface area contributed by atoms with Crippen molar-refractivity contribution < 1.29 is 9.90 Å². The second-order valence-corrected chi connectivity index (χ2v) is 7.52. The van der Waals surface area contributed by atoms with E-state index < -0.39 is 5.56 Å². The first-order chi connectivity index (χ1) is 14.1. The van der Waals surface area contributed by atoms with Crippen LogP contribution in [0.4, 0.5) is 5.95 Å². The molecule has 29 heavy (non-hydrogen) atoms. The van der Waals surface area contributed by atoms with Gasteiger partial charge in [0.15, 0.2) is 16.3 Å². The number of carbonyl (C=O) groups excluding carboxylic acids is 1. The van der Waals surface area contributed by atoms with Gasteiger partial charge in [0, 0.05) is 25.3 Å². The summed E-state index contributed by atoms with van der Waals surface area (Å²) in [6.07, 6.45) is 2.02. The molecule has 9 nitrogen and oxygen atoms in total. The summed E-state index contributed by atoms with van der Waals surface area (Å²) in [5.74, 6) is 0.769. The maximum Gasteiger partial charge on any atom is 0.280 e. The Morgan fingerprint density at radius 2 is 2.03 bits per heavy atom. The van der Waals surface area contributed by atoms with Gasteiger partial charge in [-0.3, -0.25) is 14.6 Å². The van der Waals surface area contributed by atoms with Gasteiger partial charge in [0.25, 0.3) is 5.56 Å². The minimum absolute atomic E-state index is 0.0136. The molecule has 10 heteroatoms. The van der Waals surface area contributed by atoms with Gasteiger partial charge in [-0.15, -0.1) is 0 Å². The van der Waals surface area contributed by atoms with Crippen LogP contribution in [0.2, 0.25) is 0 Å². The second-order valence-electron chi connectivity index (χ2n) is 6.46. The molecule has 0 saturated carbocycles. The quantitative estimate of drug-likeness (QED) is 0.288. The molecule has 1 amide bonds. The number of nitrogen functional groups attached to an aromatic ring is 1. The highest BCUT2D eigenvalue weighted by Crippen LogP contribution is 2.22. The molecule has 3 aromatic rings. The molecule has 0 unspecified atom stereocenters. The topological polar surface area (TPSA) is 139 Å². The fourth-order valence-corrected chi connectivity index (χ4v) is 3.88. The number of H-pyrrole nitrogens is 1. The maximum atomic E-state index is 12.0. The number of aromatic amines is 1. The van der Waals surface area contributed by atoms with Crippen LogP contribution in [0.25, 0.3) is 11.2 Å². The van der Waals surface area contributed by atoms with E-state index in [0.717, 1.165) is 24.2 Å². The second kappa shape index (κ2) is 10.1. The molecular weight excluding hydrogens is 392 g/mol. The van der Waals surface area contributed by atoms with E-state index in [0.29, 0.717) is 23.8 Å². The molecule has 0 aliphatic carbocycles. The Morgan fingerprint density at radius 3 is 2.79 bits per heavy atom. The summed E-state index contributed by atoms with van der Waals surface area (Å²) < 4.78 is 1.69. The molecule has 0 radical (unpaired) electrons. The number of hydrogen-bond donors (Lipinski definition) is 4. The molecule has 0 bridgehead atoms. The highest BCUT2D eigenvalue weighted by molar-refractivity contribution is 7.99. The van der Waals surface area contributed by atoms with E-state index in [1.165, 1.54) is 11.8 Å². The number of carbonyl (C=O) groups is 1. The van der Waals surface area contributed by atoms with E-state index in [2.05, 4.69) is 20.3 Å². The number of thioether (sulfide) groups is 1. The van der Waals surface area contributed by atoms with Crippen LogP contribution in [0.3, 0.4) is 0 Å². The Bertz CT molecular complexity index is 1020. The zero-order valence-corrected chi connectivity index (χ0v) is 16.7. The van der Waals surface area contributed by atoms with E-state index in [9.17, 15) is 14.7 Å². The number of nitrogens with zero attached hydrogens (tertiary/aromatic N) is 3. The highest BCUT2D eigenvalue weighted by Gasteiger charge is 2.15. The molecular formula is C19H24N6O3S. The summed E-state index contributed by atoms with van der Waals surface area (Å²) in [6.45, 7) is 0.704. The molecule has 0 aliphatic heterocycles. The van der Waals surface area contributed by atoms with E-state index >= 15 is 0 Å². The van der Waals surface area contributed by atoms with Crippen molar-refractivity contribution in [3.8, 4) is 0 Å². The first kappa shape index (κ1) is 20.9. The average molecular weight is 417 g/mol. The number of anilines is 1. The number of aromatic nitrogens is 4. The Hall–Kier alpha value is -2.85. The minimum Gasteiger partial charge on any atom is -0.395 e. The van der Waals surface area contributed by atoms with Crippen LogP contribution in [0, 0.1) is 0 Å². The fourth-order valence-electron chi connectivity index (χ4n) is 2.86. The average Bonchev–Trinajstić information content (AvgIpc) is 3.05. The predicted octanol–water partition coefficient (Wildman–Crippen LogP) is 1.27. The van der Waals surface area contributed by atoms with Crippen molar-refractivity contribution in [3.05, 3.63) is 46.2 Å². The Morgan fingerprint density at radius 1 is 1.24 bits per heavy atom. The summed E-state index contributed by atoms with van der Waals surface area (Å²) in [4.78, 5) is 34.9. The summed E-state index contributed by atoms with van der Waals surface area (Å²) in [7, 11) is 0. The van der Waals surface area contributed by atoms with Crippen molar-refractivity contribution in [2.24, 2.45) is 0 Å². The number of imidazole rings is 1. The van der Waals surface area contributed by atoms with Crippen LogP contribution >= 0.6 is 11.8 Å². The lowest BCUT2D eigenvalue weighted by Crippen LogP contribution is -2.22. The van der Waals surface area contributed by atoms with Crippen molar-refractivity contribution >= 4 is 34.8 Å². The lowest BCUT2D eigenvalue weighted by Gasteiger charge is -2.07. The standard InChI is InChI=1S/C19H24N6O3S/c20-18-23-16-15(17(28)24-18)22-19(25(16)9-10-26)29-11-5-4-8-14(27)21-12-13-6-2-1-3-7-13/h1-3,6-7,26H,4-5,8-12H2,(H,21,27)(H3,20,23,24,28). The molecule has 0 aliphatic rings. The number of aliphatic hydroxyl groups is 1. The number of benzene rings is 1. The van der Waals surface area contributed by atoms with Crippen molar-refractivity contribution in [3.63, 3.8) is 0 Å². The van der Waals surface area contributed by atoms with E-state index in [1.807, 2.05) is 30.3 Å². The van der Waals surface area contributed by atoms with Gasteiger partial charge in [0.05, 0.1) is 6.61 Å². The van der Waals surface area contributed by atoms with Crippen molar-refractivity contribution in [2.75, 3.05) is 18.1 Å². The van der Waals surface area contributed by atoms with Gasteiger partial charge in [0.2, 0.25) is 11.9 Å². The van der Waals surface area contributed by atoms with Gasteiger partial charge in [-0.25, -0.2) is 4.98 Å². The van der Waals surface area contributed by atoms with Gasteiger partial charge >= 0.3 is 0 Å². The summed E-state index contributed by atoms with van der Waals surface area (Å²) in [5, 5.41) is 12.8. The molecule has 3 rings (SSSR count). The first-order valence-corrected chi connectivity index (χ1v) is 10.4.